The number of para-hydroxylation sites is 1. The van der Waals surface area contributed by atoms with Crippen molar-refractivity contribution in [1.29, 1.82) is 0 Å². The Bertz CT molecular complexity index is 972. The number of aromatic nitrogens is 2. The number of nitrogens with two attached hydrogens (primary N) is 1. The molecular formula is C20H21N5O3S. The summed E-state index contributed by atoms with van der Waals surface area (Å²) < 4.78 is 11.4. The van der Waals surface area contributed by atoms with E-state index in [0.29, 0.717) is 29.1 Å². The van der Waals surface area contributed by atoms with Crippen LogP contribution in [0.2, 0.25) is 0 Å². The molecule has 0 radical (unpaired) electrons. The van der Waals surface area contributed by atoms with E-state index in [-0.39, 0.29) is 12.3 Å². The average Bonchev–Trinajstić information content (AvgIpc) is 3.12. The lowest BCUT2D eigenvalue weighted by atomic mass is 10.2. The zero-order chi connectivity index (χ0) is 20.5. The summed E-state index contributed by atoms with van der Waals surface area (Å²) in [6, 6.07) is 15.3. The Morgan fingerprint density at radius 2 is 1.90 bits per heavy atom. The summed E-state index contributed by atoms with van der Waals surface area (Å²) in [6.45, 7) is 2.82. The van der Waals surface area contributed by atoms with E-state index in [1.165, 1.54) is 23.1 Å². The zero-order valence-corrected chi connectivity index (χ0v) is 16.7. The number of carbonyl (C=O) groups excluding carboxylic acids is 1. The van der Waals surface area contributed by atoms with Gasteiger partial charge in [-0.2, -0.15) is 5.10 Å². The Morgan fingerprint density at radius 1 is 1.14 bits per heavy atom. The Balaban J connectivity index is 1.47. The number of hydrazone groups is 1. The fourth-order valence-corrected chi connectivity index (χ4v) is 2.96. The third-order valence-electron chi connectivity index (χ3n) is 3.74. The molecule has 8 nitrogen and oxygen atoms in total. The van der Waals surface area contributed by atoms with Crippen molar-refractivity contribution in [3.63, 3.8) is 0 Å². The molecule has 0 spiro atoms. The van der Waals surface area contributed by atoms with E-state index < -0.39 is 0 Å². The standard InChI is InChI=1S/C20H21N5O3S/c1-14-6-8-16(9-7-14)27-10-11-28-17-5-3-2-4-15(17)13-22-23-18(26)12-19-24-25-20(21)29-19/h2-9,13H,10-12H2,1H3,(H2,21,25)(H,23,26). The summed E-state index contributed by atoms with van der Waals surface area (Å²) in [5, 5.41) is 12.3. The molecule has 2 aromatic carbocycles. The summed E-state index contributed by atoms with van der Waals surface area (Å²) in [5.74, 6) is 1.14. The highest BCUT2D eigenvalue weighted by Crippen LogP contribution is 2.16. The first-order chi connectivity index (χ1) is 14.1. The van der Waals surface area contributed by atoms with Crippen molar-refractivity contribution in [2.45, 2.75) is 13.3 Å². The smallest absolute Gasteiger partial charge is 0.247 e. The van der Waals surface area contributed by atoms with E-state index in [0.717, 1.165) is 11.3 Å². The van der Waals surface area contributed by atoms with Crippen LogP contribution in [0.1, 0.15) is 16.1 Å². The van der Waals surface area contributed by atoms with E-state index >= 15 is 0 Å². The number of carbonyl (C=O) groups is 1. The molecular weight excluding hydrogens is 390 g/mol. The second-order valence-corrected chi connectivity index (χ2v) is 7.15. The first kappa shape index (κ1) is 20.3. The topological polar surface area (TPSA) is 112 Å². The maximum atomic E-state index is 11.9. The van der Waals surface area contributed by atoms with Crippen LogP contribution in [0.5, 0.6) is 11.5 Å². The van der Waals surface area contributed by atoms with Crippen molar-refractivity contribution in [2.75, 3.05) is 18.9 Å². The first-order valence-electron chi connectivity index (χ1n) is 8.91. The highest BCUT2D eigenvalue weighted by Gasteiger charge is 2.07. The molecule has 3 rings (SSSR count). The molecule has 0 aliphatic heterocycles. The van der Waals surface area contributed by atoms with Crippen LogP contribution < -0.4 is 20.6 Å². The van der Waals surface area contributed by atoms with Gasteiger partial charge >= 0.3 is 0 Å². The largest absolute Gasteiger partial charge is 0.490 e. The number of nitrogens with one attached hydrogen (secondary N) is 1. The normalized spacial score (nSPS) is 10.8. The number of aryl methyl sites for hydroxylation is 1. The monoisotopic (exact) mass is 411 g/mol. The Hall–Kier alpha value is -3.46. The van der Waals surface area contributed by atoms with Crippen molar-refractivity contribution < 1.29 is 14.3 Å². The van der Waals surface area contributed by atoms with Gasteiger partial charge in [0.15, 0.2) is 0 Å². The van der Waals surface area contributed by atoms with E-state index in [4.69, 9.17) is 15.2 Å². The molecule has 3 aromatic rings. The van der Waals surface area contributed by atoms with Crippen LogP contribution in [0.3, 0.4) is 0 Å². The average molecular weight is 411 g/mol. The minimum absolute atomic E-state index is 0.0701. The molecule has 29 heavy (non-hydrogen) atoms. The SMILES string of the molecule is Cc1ccc(OCCOc2ccccc2C=NNC(=O)Cc2nnc(N)s2)cc1. The molecule has 1 heterocycles. The number of ether oxygens (including phenoxy) is 2. The first-order valence-corrected chi connectivity index (χ1v) is 9.73. The fraction of sp³-hybridized carbons (Fsp3) is 0.200. The van der Waals surface area contributed by atoms with Crippen LogP contribution >= 0.6 is 11.3 Å². The van der Waals surface area contributed by atoms with E-state index in [2.05, 4.69) is 20.7 Å². The molecule has 0 saturated heterocycles. The van der Waals surface area contributed by atoms with Gasteiger partial charge in [-0.3, -0.25) is 4.79 Å². The van der Waals surface area contributed by atoms with Crippen LogP contribution in [0.25, 0.3) is 0 Å². The lowest BCUT2D eigenvalue weighted by Crippen LogP contribution is -2.19. The summed E-state index contributed by atoms with van der Waals surface area (Å²) in [5.41, 5.74) is 9.88. The number of anilines is 1. The third kappa shape index (κ3) is 6.58. The van der Waals surface area contributed by atoms with Gasteiger partial charge < -0.3 is 15.2 Å². The Kier molecular flexibility index (Phi) is 7.12. The molecule has 1 amide bonds. The lowest BCUT2D eigenvalue weighted by molar-refractivity contribution is -0.120. The summed E-state index contributed by atoms with van der Waals surface area (Å²) in [4.78, 5) is 11.9. The molecule has 9 heteroatoms. The second-order valence-electron chi connectivity index (χ2n) is 6.05. The molecule has 150 valence electrons. The molecule has 0 unspecified atom stereocenters. The summed E-state index contributed by atoms with van der Waals surface area (Å²) >= 11 is 1.17. The van der Waals surface area contributed by atoms with Gasteiger partial charge in [0.2, 0.25) is 11.0 Å². The Labute approximate surface area is 172 Å². The van der Waals surface area contributed by atoms with Gasteiger partial charge in [0.05, 0.1) is 12.6 Å². The van der Waals surface area contributed by atoms with Gasteiger partial charge in [-0.25, -0.2) is 5.43 Å². The van der Waals surface area contributed by atoms with Gasteiger partial charge in [-0.05, 0) is 31.2 Å². The minimum atomic E-state index is -0.303. The molecule has 0 aliphatic rings. The quantitative estimate of drug-likeness (QED) is 0.318. The predicted molar refractivity (Wildman–Crippen MR) is 112 cm³/mol. The highest BCUT2D eigenvalue weighted by molar-refractivity contribution is 7.15. The van der Waals surface area contributed by atoms with Gasteiger partial charge in [0, 0.05) is 5.56 Å². The maximum Gasteiger partial charge on any atom is 0.247 e. The van der Waals surface area contributed by atoms with Crippen LogP contribution in [0.4, 0.5) is 5.13 Å². The molecule has 0 atom stereocenters. The number of nitrogens with zero attached hydrogens (tertiary/aromatic N) is 3. The molecule has 1 aromatic heterocycles. The van der Waals surface area contributed by atoms with E-state index in [9.17, 15) is 4.79 Å². The number of amides is 1. The number of rotatable bonds is 9. The van der Waals surface area contributed by atoms with Crippen LogP contribution in [-0.2, 0) is 11.2 Å². The van der Waals surface area contributed by atoms with Crippen molar-refractivity contribution in [1.82, 2.24) is 15.6 Å². The minimum Gasteiger partial charge on any atom is -0.490 e. The van der Waals surface area contributed by atoms with Crippen molar-refractivity contribution in [3.05, 3.63) is 64.7 Å². The zero-order valence-electron chi connectivity index (χ0n) is 15.9. The van der Waals surface area contributed by atoms with Gasteiger partial charge in [-0.15, -0.1) is 10.2 Å². The number of nitrogen functional groups attached to an aromatic ring is 1. The molecule has 0 saturated carbocycles. The van der Waals surface area contributed by atoms with Gasteiger partial charge in [-0.1, -0.05) is 41.2 Å². The Morgan fingerprint density at radius 3 is 2.66 bits per heavy atom. The van der Waals surface area contributed by atoms with Crippen LogP contribution in [0.15, 0.2) is 53.6 Å². The maximum absolute atomic E-state index is 11.9. The lowest BCUT2D eigenvalue weighted by Gasteiger charge is -2.10. The molecule has 0 bridgehead atoms. The number of benzene rings is 2. The molecule has 3 N–H and O–H groups in total. The molecule has 0 fully saturated rings. The summed E-state index contributed by atoms with van der Waals surface area (Å²) in [7, 11) is 0. The van der Waals surface area contributed by atoms with Crippen molar-refractivity contribution >= 4 is 28.6 Å². The molecule has 0 aliphatic carbocycles. The van der Waals surface area contributed by atoms with Gasteiger partial charge in [0.25, 0.3) is 0 Å². The number of hydrogen-bond acceptors (Lipinski definition) is 8. The highest BCUT2D eigenvalue weighted by atomic mass is 32.1. The van der Waals surface area contributed by atoms with Crippen molar-refractivity contribution in [2.24, 2.45) is 5.10 Å². The van der Waals surface area contributed by atoms with Gasteiger partial charge in [0.1, 0.15) is 29.7 Å². The van der Waals surface area contributed by atoms with Crippen LogP contribution in [0, 0.1) is 6.92 Å². The fourth-order valence-electron chi connectivity index (χ4n) is 2.35. The van der Waals surface area contributed by atoms with Crippen molar-refractivity contribution in [3.8, 4) is 11.5 Å². The summed E-state index contributed by atoms with van der Waals surface area (Å²) in [6.07, 6.45) is 1.60. The third-order valence-corrected chi connectivity index (χ3v) is 4.49. The second kappa shape index (κ2) is 10.2. The van der Waals surface area contributed by atoms with Crippen LogP contribution in [-0.4, -0.2) is 35.5 Å². The predicted octanol–water partition coefficient (Wildman–Crippen LogP) is 2.58. The number of hydrogen-bond donors (Lipinski definition) is 2. The van der Waals surface area contributed by atoms with E-state index in [1.54, 1.807) is 0 Å². The van der Waals surface area contributed by atoms with E-state index in [1.807, 2.05) is 55.5 Å².